The number of carbonyl (C=O) groups excluding carboxylic acids is 1. The molecule has 2 aromatic rings. The second kappa shape index (κ2) is 6.73. The molecule has 1 amide bonds. The van der Waals surface area contributed by atoms with Crippen molar-refractivity contribution >= 4 is 17.3 Å². The normalized spacial score (nSPS) is 11.3. The number of para-hydroxylation sites is 2. The van der Waals surface area contributed by atoms with E-state index in [2.05, 4.69) is 5.32 Å². The topological polar surface area (TPSA) is 64.3 Å². The third-order valence-corrected chi connectivity index (χ3v) is 3.70. The number of hydrogen-bond acceptors (Lipinski definition) is 3. The predicted octanol–water partition coefficient (Wildman–Crippen LogP) is 3.97. The second-order valence-electron chi connectivity index (χ2n) is 6.36. The molecule has 4 heteroatoms. The number of anilines is 2. The summed E-state index contributed by atoms with van der Waals surface area (Å²) in [5.41, 5.74) is 7.30. The summed E-state index contributed by atoms with van der Waals surface area (Å²) >= 11 is 0. The zero-order valence-electron chi connectivity index (χ0n) is 14.1. The van der Waals surface area contributed by atoms with Crippen LogP contribution in [0.3, 0.4) is 0 Å². The number of rotatable bonds is 5. The van der Waals surface area contributed by atoms with Crippen LogP contribution in [0.2, 0.25) is 0 Å². The minimum atomic E-state index is -0.682. The van der Waals surface area contributed by atoms with Crippen molar-refractivity contribution in [2.75, 3.05) is 11.1 Å². The molecule has 0 heterocycles. The maximum atomic E-state index is 12.8. The smallest absolute Gasteiger partial charge is 0.234 e. The van der Waals surface area contributed by atoms with Gasteiger partial charge in [0, 0.05) is 5.69 Å². The van der Waals surface area contributed by atoms with Crippen LogP contribution in [0.1, 0.15) is 33.3 Å². The van der Waals surface area contributed by atoms with Gasteiger partial charge in [-0.15, -0.1) is 0 Å². The zero-order chi connectivity index (χ0) is 17.0. The van der Waals surface area contributed by atoms with Crippen LogP contribution in [0.5, 0.6) is 5.75 Å². The molecule has 0 aliphatic carbocycles. The van der Waals surface area contributed by atoms with Crippen molar-refractivity contribution in [1.29, 1.82) is 0 Å². The van der Waals surface area contributed by atoms with Gasteiger partial charge in [0.05, 0.1) is 17.2 Å². The number of benzene rings is 2. The number of amides is 1. The molecule has 122 valence electrons. The zero-order valence-corrected chi connectivity index (χ0v) is 14.1. The number of nitrogens with two attached hydrogens (primary N) is 1. The Kier molecular flexibility index (Phi) is 4.94. The average Bonchev–Trinajstić information content (AvgIpc) is 2.49. The Bertz CT molecular complexity index is 676. The molecule has 0 bridgehead atoms. The maximum Gasteiger partial charge on any atom is 0.234 e. The SMILES string of the molecule is CC(C)Oc1ccccc1NC(=O)C(C)(C)c1ccc(N)cc1. The number of nitrogens with one attached hydrogen (secondary N) is 1. The van der Waals surface area contributed by atoms with E-state index in [1.165, 1.54) is 0 Å². The Labute approximate surface area is 137 Å². The fourth-order valence-electron chi connectivity index (χ4n) is 2.24. The van der Waals surface area contributed by atoms with Crippen molar-refractivity contribution in [3.8, 4) is 5.75 Å². The molecule has 0 spiro atoms. The molecule has 0 fully saturated rings. The standard InChI is InChI=1S/C19H24N2O2/c1-13(2)23-17-8-6-5-7-16(17)21-18(22)19(3,4)14-9-11-15(20)12-10-14/h5-13H,20H2,1-4H3,(H,21,22). The van der Waals surface area contributed by atoms with Crippen molar-refractivity contribution in [3.63, 3.8) is 0 Å². The quantitative estimate of drug-likeness (QED) is 0.821. The van der Waals surface area contributed by atoms with Gasteiger partial charge in [-0.05, 0) is 57.5 Å². The molecule has 0 unspecified atom stereocenters. The average molecular weight is 312 g/mol. The Morgan fingerprint density at radius 1 is 1.09 bits per heavy atom. The first-order valence-electron chi connectivity index (χ1n) is 7.74. The molecule has 0 radical (unpaired) electrons. The third-order valence-electron chi connectivity index (χ3n) is 3.70. The van der Waals surface area contributed by atoms with Crippen LogP contribution in [0, 0.1) is 0 Å². The lowest BCUT2D eigenvalue weighted by atomic mass is 9.83. The minimum absolute atomic E-state index is 0.0400. The molecule has 0 saturated heterocycles. The van der Waals surface area contributed by atoms with Gasteiger partial charge < -0.3 is 15.8 Å². The third kappa shape index (κ3) is 4.03. The summed E-state index contributed by atoms with van der Waals surface area (Å²) in [5.74, 6) is 0.575. The van der Waals surface area contributed by atoms with E-state index in [0.717, 1.165) is 5.56 Å². The fourth-order valence-corrected chi connectivity index (χ4v) is 2.24. The highest BCUT2D eigenvalue weighted by Gasteiger charge is 2.30. The van der Waals surface area contributed by atoms with Crippen LogP contribution in [0.15, 0.2) is 48.5 Å². The molecule has 23 heavy (non-hydrogen) atoms. The second-order valence-corrected chi connectivity index (χ2v) is 6.36. The minimum Gasteiger partial charge on any atom is -0.489 e. The summed E-state index contributed by atoms with van der Waals surface area (Å²) in [7, 11) is 0. The molecule has 0 aromatic heterocycles. The summed E-state index contributed by atoms with van der Waals surface area (Å²) in [4.78, 5) is 12.8. The van der Waals surface area contributed by atoms with E-state index in [1.54, 1.807) is 12.1 Å². The van der Waals surface area contributed by atoms with Gasteiger partial charge in [-0.3, -0.25) is 4.79 Å². The lowest BCUT2D eigenvalue weighted by molar-refractivity contribution is -0.120. The molecule has 3 N–H and O–H groups in total. The van der Waals surface area contributed by atoms with Crippen LogP contribution in [-0.2, 0) is 10.2 Å². The van der Waals surface area contributed by atoms with E-state index in [0.29, 0.717) is 17.1 Å². The summed E-state index contributed by atoms with van der Waals surface area (Å²) in [6.45, 7) is 7.69. The van der Waals surface area contributed by atoms with E-state index < -0.39 is 5.41 Å². The van der Waals surface area contributed by atoms with Gasteiger partial charge in [-0.25, -0.2) is 0 Å². The number of nitrogen functional groups attached to an aromatic ring is 1. The Balaban J connectivity index is 2.23. The van der Waals surface area contributed by atoms with E-state index in [4.69, 9.17) is 10.5 Å². The van der Waals surface area contributed by atoms with Crippen LogP contribution < -0.4 is 15.8 Å². The van der Waals surface area contributed by atoms with E-state index in [1.807, 2.05) is 64.1 Å². The van der Waals surface area contributed by atoms with Gasteiger partial charge >= 0.3 is 0 Å². The van der Waals surface area contributed by atoms with Crippen LogP contribution >= 0.6 is 0 Å². The number of hydrogen-bond donors (Lipinski definition) is 2. The molecular weight excluding hydrogens is 288 g/mol. The molecule has 0 atom stereocenters. The van der Waals surface area contributed by atoms with E-state index in [9.17, 15) is 4.79 Å². The molecule has 0 saturated carbocycles. The highest BCUT2D eigenvalue weighted by Crippen LogP contribution is 2.29. The first-order chi connectivity index (χ1) is 10.8. The molecule has 0 aliphatic heterocycles. The van der Waals surface area contributed by atoms with Gasteiger partial charge in [0.1, 0.15) is 5.75 Å². The van der Waals surface area contributed by atoms with Crippen molar-refractivity contribution in [2.24, 2.45) is 0 Å². The summed E-state index contributed by atoms with van der Waals surface area (Å²) in [6, 6.07) is 14.8. The maximum absolute atomic E-state index is 12.8. The monoisotopic (exact) mass is 312 g/mol. The first kappa shape index (κ1) is 16.9. The van der Waals surface area contributed by atoms with Gasteiger partial charge in [-0.1, -0.05) is 24.3 Å². The lowest BCUT2D eigenvalue weighted by Gasteiger charge is -2.25. The molecule has 2 aromatic carbocycles. The van der Waals surface area contributed by atoms with Crippen molar-refractivity contribution in [2.45, 2.75) is 39.2 Å². The van der Waals surface area contributed by atoms with E-state index in [-0.39, 0.29) is 12.0 Å². The number of ether oxygens (including phenoxy) is 1. The van der Waals surface area contributed by atoms with Gasteiger partial charge in [-0.2, -0.15) is 0 Å². The summed E-state index contributed by atoms with van der Waals surface area (Å²) in [6.07, 6.45) is 0.0400. The van der Waals surface area contributed by atoms with Crippen LogP contribution in [0.4, 0.5) is 11.4 Å². The van der Waals surface area contributed by atoms with E-state index >= 15 is 0 Å². The van der Waals surface area contributed by atoms with Crippen molar-refractivity contribution in [3.05, 3.63) is 54.1 Å². The summed E-state index contributed by atoms with van der Waals surface area (Å²) in [5, 5.41) is 2.97. The number of carbonyl (C=O) groups is 1. The van der Waals surface area contributed by atoms with Crippen LogP contribution in [0.25, 0.3) is 0 Å². The van der Waals surface area contributed by atoms with Crippen LogP contribution in [-0.4, -0.2) is 12.0 Å². The molecule has 4 nitrogen and oxygen atoms in total. The summed E-state index contributed by atoms with van der Waals surface area (Å²) < 4.78 is 5.75. The van der Waals surface area contributed by atoms with Gasteiger partial charge in [0.2, 0.25) is 5.91 Å². The Morgan fingerprint density at radius 2 is 1.70 bits per heavy atom. The lowest BCUT2D eigenvalue weighted by Crippen LogP contribution is -2.34. The molecular formula is C19H24N2O2. The fraction of sp³-hybridized carbons (Fsp3) is 0.316. The Morgan fingerprint density at radius 3 is 2.30 bits per heavy atom. The van der Waals surface area contributed by atoms with Crippen molar-refractivity contribution < 1.29 is 9.53 Å². The largest absolute Gasteiger partial charge is 0.489 e. The molecule has 0 aliphatic rings. The Hall–Kier alpha value is -2.49. The van der Waals surface area contributed by atoms with Gasteiger partial charge in [0.15, 0.2) is 0 Å². The first-order valence-corrected chi connectivity index (χ1v) is 7.74. The highest BCUT2D eigenvalue weighted by atomic mass is 16.5. The van der Waals surface area contributed by atoms with Crippen molar-refractivity contribution in [1.82, 2.24) is 0 Å². The van der Waals surface area contributed by atoms with Gasteiger partial charge in [0.25, 0.3) is 0 Å². The molecule has 2 rings (SSSR count). The highest BCUT2D eigenvalue weighted by molar-refractivity contribution is 5.99. The predicted molar refractivity (Wildman–Crippen MR) is 94.7 cm³/mol.